The molecule has 1 heterocycles. The Morgan fingerprint density at radius 1 is 1.21 bits per heavy atom. The number of rotatable bonds is 6. The molecule has 8 nitrogen and oxygen atoms in total. The minimum atomic E-state index is -3.30. The fraction of sp³-hybridized carbons (Fsp3) is 0.316. The fourth-order valence-corrected chi connectivity index (χ4v) is 4.74. The minimum Gasteiger partial charge on any atom is -0.322 e. The first kappa shape index (κ1) is 20.0. The largest absolute Gasteiger partial charge is 0.322 e. The molecule has 0 radical (unpaired) electrons. The summed E-state index contributed by atoms with van der Waals surface area (Å²) in [4.78, 5) is 23.0. The zero-order valence-electron chi connectivity index (χ0n) is 15.4. The standard InChI is InChI=1S/C19H21N3O5S/c1-2-11-28(26,27)21-10-9-14-7-8-16(12-15(14)13-21)20-19(23)17-5-3-4-6-18(17)22(24)25/h3-8,12H,2,9-11,13H2,1H3,(H,20,23). The lowest BCUT2D eigenvalue weighted by Gasteiger charge is -2.28. The highest BCUT2D eigenvalue weighted by Gasteiger charge is 2.26. The van der Waals surface area contributed by atoms with E-state index in [-0.39, 0.29) is 23.5 Å². The van der Waals surface area contributed by atoms with Gasteiger partial charge in [-0.1, -0.05) is 25.1 Å². The van der Waals surface area contributed by atoms with Crippen LogP contribution >= 0.6 is 0 Å². The Hall–Kier alpha value is -2.78. The zero-order valence-corrected chi connectivity index (χ0v) is 16.2. The van der Waals surface area contributed by atoms with E-state index < -0.39 is 20.9 Å². The summed E-state index contributed by atoms with van der Waals surface area (Å²) in [5.74, 6) is -0.477. The van der Waals surface area contributed by atoms with Crippen molar-refractivity contribution in [3.8, 4) is 0 Å². The van der Waals surface area contributed by atoms with Gasteiger partial charge in [0.2, 0.25) is 10.0 Å². The summed E-state index contributed by atoms with van der Waals surface area (Å²) in [6.07, 6.45) is 1.16. The molecule has 0 saturated heterocycles. The number of nitro benzene ring substituents is 1. The number of anilines is 1. The summed E-state index contributed by atoms with van der Waals surface area (Å²) in [6, 6.07) is 11.0. The molecule has 0 atom stereocenters. The van der Waals surface area contributed by atoms with Gasteiger partial charge in [-0.25, -0.2) is 8.42 Å². The SMILES string of the molecule is CCCS(=O)(=O)N1CCc2ccc(NC(=O)c3ccccc3[N+](=O)[O-])cc2C1. The quantitative estimate of drug-likeness (QED) is 0.589. The molecule has 148 valence electrons. The van der Waals surface area contributed by atoms with Crippen LogP contribution in [0.25, 0.3) is 0 Å². The maximum atomic E-state index is 12.5. The molecular weight excluding hydrogens is 382 g/mol. The molecule has 28 heavy (non-hydrogen) atoms. The normalized spacial score (nSPS) is 14.3. The Morgan fingerprint density at radius 3 is 2.68 bits per heavy atom. The highest BCUT2D eigenvalue weighted by atomic mass is 32.2. The molecule has 1 aliphatic heterocycles. The highest BCUT2D eigenvalue weighted by molar-refractivity contribution is 7.89. The second kappa shape index (κ2) is 8.07. The van der Waals surface area contributed by atoms with Crippen LogP contribution in [0.1, 0.15) is 34.8 Å². The Balaban J connectivity index is 1.81. The zero-order chi connectivity index (χ0) is 20.3. The summed E-state index contributed by atoms with van der Waals surface area (Å²) in [5.41, 5.74) is 2.03. The van der Waals surface area contributed by atoms with Gasteiger partial charge in [-0.2, -0.15) is 4.31 Å². The molecule has 0 fully saturated rings. The van der Waals surface area contributed by atoms with E-state index >= 15 is 0 Å². The van der Waals surface area contributed by atoms with Crippen LogP contribution in [0.3, 0.4) is 0 Å². The van der Waals surface area contributed by atoms with E-state index in [4.69, 9.17) is 0 Å². The number of sulfonamides is 1. The number of hydrogen-bond acceptors (Lipinski definition) is 5. The lowest BCUT2D eigenvalue weighted by Crippen LogP contribution is -2.37. The van der Waals surface area contributed by atoms with Crippen molar-refractivity contribution in [1.29, 1.82) is 0 Å². The number of nitrogens with one attached hydrogen (secondary N) is 1. The van der Waals surface area contributed by atoms with Gasteiger partial charge in [0.25, 0.3) is 11.6 Å². The summed E-state index contributed by atoms with van der Waals surface area (Å²) >= 11 is 0. The topological polar surface area (TPSA) is 110 Å². The van der Waals surface area contributed by atoms with Crippen LogP contribution in [0.4, 0.5) is 11.4 Å². The van der Waals surface area contributed by atoms with Gasteiger partial charge < -0.3 is 5.32 Å². The van der Waals surface area contributed by atoms with E-state index in [9.17, 15) is 23.3 Å². The molecule has 2 aromatic carbocycles. The van der Waals surface area contributed by atoms with E-state index in [0.29, 0.717) is 25.1 Å². The van der Waals surface area contributed by atoms with E-state index in [1.54, 1.807) is 18.2 Å². The predicted octanol–water partition coefficient (Wildman–Crippen LogP) is 2.95. The molecular formula is C19H21N3O5S. The third kappa shape index (κ3) is 4.20. The number of para-hydroxylation sites is 1. The van der Waals surface area contributed by atoms with Crippen LogP contribution in [0.5, 0.6) is 0 Å². The number of benzene rings is 2. The minimum absolute atomic E-state index is 0.0302. The third-order valence-electron chi connectivity index (χ3n) is 4.64. The van der Waals surface area contributed by atoms with Crippen LogP contribution in [-0.2, 0) is 23.0 Å². The molecule has 0 spiro atoms. The Labute approximate surface area is 163 Å². The second-order valence-corrected chi connectivity index (χ2v) is 8.70. The molecule has 0 saturated carbocycles. The first-order chi connectivity index (χ1) is 13.3. The number of fused-ring (bicyclic) bond motifs is 1. The first-order valence-electron chi connectivity index (χ1n) is 8.96. The van der Waals surface area contributed by atoms with Gasteiger partial charge in [-0.05, 0) is 42.2 Å². The van der Waals surface area contributed by atoms with Gasteiger partial charge in [0.1, 0.15) is 5.56 Å². The van der Waals surface area contributed by atoms with Crippen molar-refractivity contribution in [2.75, 3.05) is 17.6 Å². The molecule has 9 heteroatoms. The number of hydrogen-bond donors (Lipinski definition) is 1. The van der Waals surface area contributed by atoms with Crippen LogP contribution in [0.2, 0.25) is 0 Å². The second-order valence-electron chi connectivity index (χ2n) is 6.61. The molecule has 0 bridgehead atoms. The number of nitro groups is 1. The van der Waals surface area contributed by atoms with Crippen LogP contribution in [0, 0.1) is 10.1 Å². The fourth-order valence-electron chi connectivity index (χ4n) is 3.26. The number of amides is 1. The molecule has 1 aliphatic rings. The van der Waals surface area contributed by atoms with Gasteiger partial charge in [-0.15, -0.1) is 0 Å². The van der Waals surface area contributed by atoms with Crippen LogP contribution in [0.15, 0.2) is 42.5 Å². The molecule has 0 aromatic heterocycles. The van der Waals surface area contributed by atoms with E-state index in [2.05, 4.69) is 5.32 Å². The molecule has 3 rings (SSSR count). The number of carbonyl (C=O) groups excluding carboxylic acids is 1. The van der Waals surface area contributed by atoms with Gasteiger partial charge in [0.05, 0.1) is 10.7 Å². The Bertz CT molecular complexity index is 1020. The lowest BCUT2D eigenvalue weighted by molar-refractivity contribution is -0.385. The molecule has 1 amide bonds. The highest BCUT2D eigenvalue weighted by Crippen LogP contribution is 2.26. The van der Waals surface area contributed by atoms with E-state index in [0.717, 1.165) is 11.1 Å². The number of nitrogens with zero attached hydrogens (tertiary/aromatic N) is 2. The third-order valence-corrected chi connectivity index (χ3v) is 6.66. The summed E-state index contributed by atoms with van der Waals surface area (Å²) in [5, 5.41) is 13.8. The van der Waals surface area contributed by atoms with Crippen LogP contribution < -0.4 is 5.32 Å². The van der Waals surface area contributed by atoms with Crippen molar-refractivity contribution in [3.05, 3.63) is 69.3 Å². The smallest absolute Gasteiger partial charge is 0.282 e. The van der Waals surface area contributed by atoms with Crippen molar-refractivity contribution >= 4 is 27.3 Å². The average Bonchev–Trinajstić information content (AvgIpc) is 2.67. The predicted molar refractivity (Wildman–Crippen MR) is 106 cm³/mol. The van der Waals surface area contributed by atoms with Gasteiger partial charge in [0, 0.05) is 24.8 Å². The Kier molecular flexibility index (Phi) is 5.76. The molecule has 0 unspecified atom stereocenters. The van der Waals surface area contributed by atoms with Gasteiger partial charge in [-0.3, -0.25) is 14.9 Å². The summed E-state index contributed by atoms with van der Waals surface area (Å²) in [7, 11) is -3.30. The van der Waals surface area contributed by atoms with Crippen molar-refractivity contribution in [3.63, 3.8) is 0 Å². The van der Waals surface area contributed by atoms with Crippen molar-refractivity contribution in [1.82, 2.24) is 4.31 Å². The van der Waals surface area contributed by atoms with Crippen molar-refractivity contribution in [2.45, 2.75) is 26.3 Å². The van der Waals surface area contributed by atoms with Crippen molar-refractivity contribution < 1.29 is 18.1 Å². The molecule has 1 N–H and O–H groups in total. The van der Waals surface area contributed by atoms with Crippen molar-refractivity contribution in [2.24, 2.45) is 0 Å². The van der Waals surface area contributed by atoms with Crippen LogP contribution in [-0.4, -0.2) is 35.9 Å². The van der Waals surface area contributed by atoms with Gasteiger partial charge >= 0.3 is 0 Å². The molecule has 0 aliphatic carbocycles. The van der Waals surface area contributed by atoms with E-state index in [1.165, 1.54) is 22.5 Å². The first-order valence-corrected chi connectivity index (χ1v) is 10.6. The number of carbonyl (C=O) groups is 1. The Morgan fingerprint density at radius 2 is 1.96 bits per heavy atom. The lowest BCUT2D eigenvalue weighted by atomic mass is 10.0. The monoisotopic (exact) mass is 403 g/mol. The average molecular weight is 403 g/mol. The maximum absolute atomic E-state index is 12.5. The summed E-state index contributed by atoms with van der Waals surface area (Å²) < 4.78 is 26.1. The maximum Gasteiger partial charge on any atom is 0.282 e. The van der Waals surface area contributed by atoms with Gasteiger partial charge in [0.15, 0.2) is 0 Å². The van der Waals surface area contributed by atoms with E-state index in [1.807, 2.05) is 13.0 Å². The molecule has 2 aromatic rings. The summed E-state index contributed by atoms with van der Waals surface area (Å²) in [6.45, 7) is 2.52.